The lowest BCUT2D eigenvalue weighted by molar-refractivity contribution is 0.281. The normalized spacial score (nSPS) is 10.9. The molecular formula is C12H12Cl2N2OS. The van der Waals surface area contributed by atoms with Gasteiger partial charge in [-0.25, -0.2) is 0 Å². The van der Waals surface area contributed by atoms with E-state index in [0.717, 1.165) is 15.6 Å². The topological polar surface area (TPSA) is 38.0 Å². The van der Waals surface area contributed by atoms with Crippen molar-refractivity contribution in [2.24, 2.45) is 7.05 Å². The van der Waals surface area contributed by atoms with Crippen LogP contribution in [0.25, 0.3) is 0 Å². The number of benzene rings is 1. The molecule has 0 radical (unpaired) electrons. The molecule has 0 saturated carbocycles. The number of thioether (sulfide) groups is 1. The van der Waals surface area contributed by atoms with Crippen molar-refractivity contribution in [1.82, 2.24) is 9.78 Å². The third-order valence-corrected chi connectivity index (χ3v) is 4.25. The zero-order valence-electron chi connectivity index (χ0n) is 9.73. The number of aliphatic hydroxyl groups is 1. The van der Waals surface area contributed by atoms with E-state index in [9.17, 15) is 5.11 Å². The number of hydrogen-bond donors (Lipinski definition) is 1. The van der Waals surface area contributed by atoms with Crippen molar-refractivity contribution in [1.29, 1.82) is 0 Å². The fraction of sp³-hybridized carbons (Fsp3) is 0.250. The zero-order valence-corrected chi connectivity index (χ0v) is 12.1. The van der Waals surface area contributed by atoms with E-state index in [0.29, 0.717) is 16.5 Å². The quantitative estimate of drug-likeness (QED) is 0.878. The Hall–Kier alpha value is -0.680. The number of aromatic nitrogens is 2. The van der Waals surface area contributed by atoms with Crippen LogP contribution >= 0.6 is 35.0 Å². The standard InChI is InChI=1S/C12H12Cl2N2OS/c1-16-12(14)10(6-17)11(15-16)7-18-9-4-2-8(13)3-5-9/h2-5,17H,6-7H2,1H3. The fourth-order valence-corrected chi connectivity index (χ4v) is 2.75. The molecule has 0 aliphatic carbocycles. The second kappa shape index (κ2) is 5.97. The highest BCUT2D eigenvalue weighted by Gasteiger charge is 2.13. The minimum Gasteiger partial charge on any atom is -0.391 e. The average molecular weight is 303 g/mol. The van der Waals surface area contributed by atoms with Crippen LogP contribution in [-0.2, 0) is 19.4 Å². The van der Waals surface area contributed by atoms with Gasteiger partial charge < -0.3 is 5.11 Å². The molecule has 0 aliphatic rings. The molecule has 1 aromatic carbocycles. The first-order valence-corrected chi connectivity index (χ1v) is 7.05. The molecule has 2 rings (SSSR count). The van der Waals surface area contributed by atoms with E-state index in [1.165, 1.54) is 0 Å². The van der Waals surface area contributed by atoms with Gasteiger partial charge in [-0.3, -0.25) is 4.68 Å². The highest BCUT2D eigenvalue weighted by Crippen LogP contribution is 2.27. The summed E-state index contributed by atoms with van der Waals surface area (Å²) in [5.41, 5.74) is 1.51. The molecule has 18 heavy (non-hydrogen) atoms. The lowest BCUT2D eigenvalue weighted by Gasteiger charge is -2.01. The molecule has 0 saturated heterocycles. The molecule has 96 valence electrons. The van der Waals surface area contributed by atoms with Gasteiger partial charge in [0, 0.05) is 28.3 Å². The zero-order chi connectivity index (χ0) is 13.1. The van der Waals surface area contributed by atoms with Gasteiger partial charge in [0.25, 0.3) is 0 Å². The Morgan fingerprint density at radius 2 is 1.94 bits per heavy atom. The minimum atomic E-state index is -0.0941. The van der Waals surface area contributed by atoms with Gasteiger partial charge >= 0.3 is 0 Å². The summed E-state index contributed by atoms with van der Waals surface area (Å²) in [5, 5.41) is 14.8. The van der Waals surface area contributed by atoms with Gasteiger partial charge in [-0.1, -0.05) is 23.2 Å². The van der Waals surface area contributed by atoms with Crippen molar-refractivity contribution < 1.29 is 5.11 Å². The Balaban J connectivity index is 2.10. The molecule has 0 atom stereocenters. The summed E-state index contributed by atoms with van der Waals surface area (Å²) in [6.45, 7) is -0.0941. The van der Waals surface area contributed by atoms with Crippen LogP contribution in [0.2, 0.25) is 10.2 Å². The van der Waals surface area contributed by atoms with Crippen molar-refractivity contribution in [2.75, 3.05) is 0 Å². The van der Waals surface area contributed by atoms with Crippen LogP contribution in [-0.4, -0.2) is 14.9 Å². The number of halogens is 2. The Kier molecular flexibility index (Phi) is 4.56. The number of rotatable bonds is 4. The van der Waals surface area contributed by atoms with Crippen molar-refractivity contribution in [3.63, 3.8) is 0 Å². The van der Waals surface area contributed by atoms with Gasteiger partial charge in [0.2, 0.25) is 0 Å². The summed E-state index contributed by atoms with van der Waals surface area (Å²) >= 11 is 13.5. The molecule has 0 fully saturated rings. The van der Waals surface area contributed by atoms with Crippen molar-refractivity contribution in [3.05, 3.63) is 45.7 Å². The summed E-state index contributed by atoms with van der Waals surface area (Å²) < 4.78 is 1.57. The van der Waals surface area contributed by atoms with Crippen LogP contribution in [0.3, 0.4) is 0 Å². The van der Waals surface area contributed by atoms with Crippen molar-refractivity contribution in [3.8, 4) is 0 Å². The second-order valence-electron chi connectivity index (χ2n) is 3.74. The van der Waals surface area contributed by atoms with Gasteiger partial charge in [0.1, 0.15) is 5.15 Å². The van der Waals surface area contributed by atoms with E-state index in [1.807, 2.05) is 24.3 Å². The van der Waals surface area contributed by atoms with Crippen LogP contribution < -0.4 is 0 Å². The molecule has 6 heteroatoms. The predicted molar refractivity (Wildman–Crippen MR) is 75.2 cm³/mol. The van der Waals surface area contributed by atoms with Crippen LogP contribution in [0.5, 0.6) is 0 Å². The molecule has 0 unspecified atom stereocenters. The highest BCUT2D eigenvalue weighted by atomic mass is 35.5. The molecule has 2 aromatic rings. The summed E-state index contributed by atoms with van der Waals surface area (Å²) in [4.78, 5) is 1.10. The monoisotopic (exact) mass is 302 g/mol. The van der Waals surface area contributed by atoms with Gasteiger partial charge in [0.05, 0.1) is 12.3 Å². The van der Waals surface area contributed by atoms with E-state index in [-0.39, 0.29) is 6.61 Å². The Morgan fingerprint density at radius 1 is 1.28 bits per heavy atom. The summed E-state index contributed by atoms with van der Waals surface area (Å²) in [7, 11) is 1.76. The molecule has 0 aliphatic heterocycles. The van der Waals surface area contributed by atoms with Crippen LogP contribution in [0.1, 0.15) is 11.3 Å². The van der Waals surface area contributed by atoms with E-state index in [1.54, 1.807) is 23.5 Å². The maximum absolute atomic E-state index is 9.28. The Bertz CT molecular complexity index is 540. The number of aliphatic hydroxyl groups excluding tert-OH is 1. The molecule has 0 bridgehead atoms. The van der Waals surface area contributed by atoms with Gasteiger partial charge in [-0.2, -0.15) is 5.10 Å². The number of hydrogen-bond acceptors (Lipinski definition) is 3. The number of aryl methyl sites for hydroxylation is 1. The van der Waals surface area contributed by atoms with E-state index < -0.39 is 0 Å². The third kappa shape index (κ3) is 3.01. The lowest BCUT2D eigenvalue weighted by atomic mass is 10.3. The largest absolute Gasteiger partial charge is 0.391 e. The molecule has 0 amide bonds. The van der Waals surface area contributed by atoms with E-state index in [4.69, 9.17) is 23.2 Å². The molecule has 3 nitrogen and oxygen atoms in total. The minimum absolute atomic E-state index is 0.0941. The summed E-state index contributed by atoms with van der Waals surface area (Å²) in [5.74, 6) is 0.665. The molecule has 0 spiro atoms. The van der Waals surface area contributed by atoms with E-state index in [2.05, 4.69) is 5.10 Å². The van der Waals surface area contributed by atoms with Crippen LogP contribution in [0.4, 0.5) is 0 Å². The maximum Gasteiger partial charge on any atom is 0.132 e. The predicted octanol–water partition coefficient (Wildman–Crippen LogP) is 3.51. The van der Waals surface area contributed by atoms with Crippen LogP contribution in [0.15, 0.2) is 29.2 Å². The van der Waals surface area contributed by atoms with E-state index >= 15 is 0 Å². The molecule has 1 aromatic heterocycles. The Morgan fingerprint density at radius 3 is 2.56 bits per heavy atom. The molecule has 1 heterocycles. The maximum atomic E-state index is 9.28. The van der Waals surface area contributed by atoms with Crippen molar-refractivity contribution >= 4 is 35.0 Å². The van der Waals surface area contributed by atoms with Gasteiger partial charge in [-0.15, -0.1) is 11.8 Å². The number of nitrogens with zero attached hydrogens (tertiary/aromatic N) is 2. The van der Waals surface area contributed by atoms with Gasteiger partial charge in [0.15, 0.2) is 0 Å². The summed E-state index contributed by atoms with van der Waals surface area (Å²) in [6, 6.07) is 7.61. The summed E-state index contributed by atoms with van der Waals surface area (Å²) in [6.07, 6.45) is 0. The third-order valence-electron chi connectivity index (χ3n) is 2.50. The lowest BCUT2D eigenvalue weighted by Crippen LogP contribution is -1.91. The second-order valence-corrected chi connectivity index (χ2v) is 5.58. The SMILES string of the molecule is Cn1nc(CSc2ccc(Cl)cc2)c(CO)c1Cl. The van der Waals surface area contributed by atoms with Crippen molar-refractivity contribution in [2.45, 2.75) is 17.3 Å². The molecule has 1 N–H and O–H groups in total. The van der Waals surface area contributed by atoms with Crippen LogP contribution in [0, 0.1) is 0 Å². The first-order valence-electron chi connectivity index (χ1n) is 5.31. The highest BCUT2D eigenvalue weighted by molar-refractivity contribution is 7.98. The average Bonchev–Trinajstić information content (AvgIpc) is 2.64. The first-order chi connectivity index (χ1) is 8.61. The Labute approximate surface area is 120 Å². The smallest absolute Gasteiger partial charge is 0.132 e. The molecular weight excluding hydrogens is 291 g/mol. The fourth-order valence-electron chi connectivity index (χ4n) is 1.55. The first kappa shape index (κ1) is 13.7. The van der Waals surface area contributed by atoms with Gasteiger partial charge in [-0.05, 0) is 24.3 Å².